The van der Waals surface area contributed by atoms with Crippen LogP contribution in [0.5, 0.6) is 5.75 Å². The lowest BCUT2D eigenvalue weighted by atomic mass is 10.1. The van der Waals surface area contributed by atoms with E-state index in [1.54, 1.807) is 11.8 Å². The zero-order valence-electron chi connectivity index (χ0n) is 9.74. The van der Waals surface area contributed by atoms with Gasteiger partial charge in [-0.05, 0) is 62.9 Å². The third-order valence-electron chi connectivity index (χ3n) is 2.88. The molecule has 0 spiro atoms. The highest BCUT2D eigenvalue weighted by Gasteiger charge is 2.12. The molecule has 1 N–H and O–H groups in total. The van der Waals surface area contributed by atoms with Crippen LogP contribution in [0.25, 0.3) is 0 Å². The van der Waals surface area contributed by atoms with Crippen molar-refractivity contribution in [1.82, 2.24) is 5.32 Å². The van der Waals surface area contributed by atoms with Crippen molar-refractivity contribution in [2.75, 3.05) is 19.3 Å². The maximum atomic E-state index is 5.99. The lowest BCUT2D eigenvalue weighted by Crippen LogP contribution is -2.19. The van der Waals surface area contributed by atoms with E-state index in [9.17, 15) is 0 Å². The molecule has 0 bridgehead atoms. The third kappa shape index (κ3) is 3.42. The number of rotatable bonds is 3. The number of hydrogen-bond donors (Lipinski definition) is 1. The number of ether oxygens (including phenoxy) is 1. The van der Waals surface area contributed by atoms with Gasteiger partial charge in [-0.3, -0.25) is 0 Å². The molecule has 1 aromatic rings. The second-order valence-corrected chi connectivity index (χ2v) is 4.98. The number of thioether (sulfide) groups is 1. The first-order valence-corrected chi connectivity index (χ1v) is 7.12. The maximum Gasteiger partial charge on any atom is 0.119 e. The quantitative estimate of drug-likeness (QED) is 0.817. The fourth-order valence-electron chi connectivity index (χ4n) is 1.95. The fourth-order valence-corrected chi connectivity index (χ4v) is 2.36. The second kappa shape index (κ2) is 6.16. The molecule has 1 atom stereocenters. The van der Waals surface area contributed by atoms with Crippen LogP contribution in [0.2, 0.25) is 0 Å². The van der Waals surface area contributed by atoms with Crippen LogP contribution in [0.1, 0.15) is 19.3 Å². The van der Waals surface area contributed by atoms with Crippen LogP contribution >= 0.6 is 11.8 Å². The van der Waals surface area contributed by atoms with Crippen LogP contribution in [0.15, 0.2) is 29.2 Å². The first-order chi connectivity index (χ1) is 7.88. The summed E-state index contributed by atoms with van der Waals surface area (Å²) in [7, 11) is 0. The van der Waals surface area contributed by atoms with Crippen molar-refractivity contribution in [2.24, 2.45) is 0 Å². The second-order valence-electron chi connectivity index (χ2n) is 4.10. The van der Waals surface area contributed by atoms with Crippen LogP contribution in [-0.4, -0.2) is 25.4 Å². The van der Waals surface area contributed by atoms with Crippen molar-refractivity contribution in [3.63, 3.8) is 0 Å². The van der Waals surface area contributed by atoms with Gasteiger partial charge in [0.1, 0.15) is 5.75 Å². The van der Waals surface area contributed by atoms with Gasteiger partial charge in [-0.15, -0.1) is 11.8 Å². The smallest absolute Gasteiger partial charge is 0.119 e. The van der Waals surface area contributed by atoms with Crippen molar-refractivity contribution >= 4 is 11.8 Å². The molecule has 3 heteroatoms. The van der Waals surface area contributed by atoms with Crippen molar-refractivity contribution in [2.45, 2.75) is 30.3 Å². The molecule has 16 heavy (non-hydrogen) atoms. The lowest BCUT2D eigenvalue weighted by molar-refractivity contribution is 0.187. The molecule has 2 nitrogen and oxygen atoms in total. The van der Waals surface area contributed by atoms with Crippen LogP contribution < -0.4 is 10.1 Å². The van der Waals surface area contributed by atoms with Gasteiger partial charge in [0.05, 0.1) is 6.10 Å². The van der Waals surface area contributed by atoms with Crippen LogP contribution in [-0.2, 0) is 0 Å². The Labute approximate surface area is 102 Å². The van der Waals surface area contributed by atoms with E-state index in [4.69, 9.17) is 4.74 Å². The average Bonchev–Trinajstić information content (AvgIpc) is 2.59. The summed E-state index contributed by atoms with van der Waals surface area (Å²) in [4.78, 5) is 1.29. The van der Waals surface area contributed by atoms with Gasteiger partial charge in [0.15, 0.2) is 0 Å². The summed E-state index contributed by atoms with van der Waals surface area (Å²) in [6.07, 6.45) is 5.97. The van der Waals surface area contributed by atoms with Gasteiger partial charge in [-0.1, -0.05) is 0 Å². The van der Waals surface area contributed by atoms with Gasteiger partial charge in [0, 0.05) is 4.90 Å². The van der Waals surface area contributed by atoms with E-state index in [-0.39, 0.29) is 0 Å². The number of benzene rings is 1. The normalized spacial score (nSPS) is 21.4. The Hall–Kier alpha value is -0.670. The van der Waals surface area contributed by atoms with E-state index >= 15 is 0 Å². The molecule has 1 saturated heterocycles. The van der Waals surface area contributed by atoms with E-state index < -0.39 is 0 Å². The molecule has 0 aromatic heterocycles. The molecule has 0 aliphatic carbocycles. The largest absolute Gasteiger partial charge is 0.490 e. The summed E-state index contributed by atoms with van der Waals surface area (Å²) >= 11 is 1.76. The monoisotopic (exact) mass is 237 g/mol. The van der Waals surface area contributed by atoms with Crippen LogP contribution in [0.4, 0.5) is 0 Å². The van der Waals surface area contributed by atoms with Crippen molar-refractivity contribution in [1.29, 1.82) is 0 Å². The minimum Gasteiger partial charge on any atom is -0.490 e. The highest BCUT2D eigenvalue weighted by atomic mass is 32.2. The van der Waals surface area contributed by atoms with Crippen LogP contribution in [0.3, 0.4) is 0 Å². The van der Waals surface area contributed by atoms with E-state index in [0.717, 1.165) is 31.7 Å². The van der Waals surface area contributed by atoms with Crippen LogP contribution in [0, 0.1) is 0 Å². The van der Waals surface area contributed by atoms with Gasteiger partial charge in [0.2, 0.25) is 0 Å². The molecular formula is C13H19NOS. The van der Waals surface area contributed by atoms with Gasteiger partial charge >= 0.3 is 0 Å². The SMILES string of the molecule is CSc1ccc(OC2CCCNCC2)cc1. The predicted octanol–water partition coefficient (Wildman–Crippen LogP) is 2.93. The molecule has 1 unspecified atom stereocenters. The average molecular weight is 237 g/mol. The Kier molecular flexibility index (Phi) is 4.55. The summed E-state index contributed by atoms with van der Waals surface area (Å²) in [6.45, 7) is 2.21. The highest BCUT2D eigenvalue weighted by Crippen LogP contribution is 2.21. The summed E-state index contributed by atoms with van der Waals surface area (Å²) in [5.41, 5.74) is 0. The van der Waals surface area contributed by atoms with Gasteiger partial charge < -0.3 is 10.1 Å². The summed E-state index contributed by atoms with van der Waals surface area (Å²) < 4.78 is 5.99. The van der Waals surface area contributed by atoms with Crippen molar-refractivity contribution < 1.29 is 4.74 Å². The fraction of sp³-hybridized carbons (Fsp3) is 0.538. The van der Waals surface area contributed by atoms with Gasteiger partial charge in [-0.2, -0.15) is 0 Å². The lowest BCUT2D eigenvalue weighted by Gasteiger charge is -2.16. The van der Waals surface area contributed by atoms with Gasteiger partial charge in [0.25, 0.3) is 0 Å². The number of hydrogen-bond acceptors (Lipinski definition) is 3. The third-order valence-corrected chi connectivity index (χ3v) is 3.63. The Balaban J connectivity index is 1.91. The summed E-state index contributed by atoms with van der Waals surface area (Å²) in [6, 6.07) is 8.39. The van der Waals surface area contributed by atoms with Crippen molar-refractivity contribution in [3.8, 4) is 5.75 Å². The van der Waals surface area contributed by atoms with E-state index in [2.05, 4.69) is 35.8 Å². The first kappa shape index (κ1) is 11.8. The Bertz CT molecular complexity index is 304. The molecule has 1 heterocycles. The molecule has 0 saturated carbocycles. The standard InChI is InChI=1S/C13H19NOS/c1-16-13-6-4-12(5-7-13)15-11-3-2-9-14-10-8-11/h4-7,11,14H,2-3,8-10H2,1H3. The first-order valence-electron chi connectivity index (χ1n) is 5.90. The van der Waals surface area contributed by atoms with E-state index in [1.807, 2.05) is 0 Å². The molecule has 1 fully saturated rings. The summed E-state index contributed by atoms with van der Waals surface area (Å²) in [5, 5.41) is 3.40. The molecule has 0 amide bonds. The van der Waals surface area contributed by atoms with Gasteiger partial charge in [-0.25, -0.2) is 0 Å². The molecule has 1 aromatic carbocycles. The summed E-state index contributed by atoms with van der Waals surface area (Å²) in [5.74, 6) is 1.00. The minimum atomic E-state index is 0.384. The Morgan fingerprint density at radius 1 is 1.19 bits per heavy atom. The van der Waals surface area contributed by atoms with E-state index in [1.165, 1.54) is 11.3 Å². The predicted molar refractivity (Wildman–Crippen MR) is 69.4 cm³/mol. The highest BCUT2D eigenvalue weighted by molar-refractivity contribution is 7.98. The Morgan fingerprint density at radius 2 is 2.00 bits per heavy atom. The molecular weight excluding hydrogens is 218 g/mol. The Morgan fingerprint density at radius 3 is 2.75 bits per heavy atom. The molecule has 2 rings (SSSR count). The molecule has 0 radical (unpaired) electrons. The zero-order valence-corrected chi connectivity index (χ0v) is 10.6. The number of nitrogens with one attached hydrogen (secondary N) is 1. The van der Waals surface area contributed by atoms with Crippen molar-refractivity contribution in [3.05, 3.63) is 24.3 Å². The minimum absolute atomic E-state index is 0.384. The van der Waals surface area contributed by atoms with E-state index in [0.29, 0.717) is 6.10 Å². The topological polar surface area (TPSA) is 21.3 Å². The molecule has 88 valence electrons. The maximum absolute atomic E-state index is 5.99. The zero-order chi connectivity index (χ0) is 11.2. The molecule has 1 aliphatic heterocycles. The molecule has 1 aliphatic rings.